The summed E-state index contributed by atoms with van der Waals surface area (Å²) in [6.07, 6.45) is 1.17. The van der Waals surface area contributed by atoms with Crippen molar-refractivity contribution >= 4 is 39.6 Å². The van der Waals surface area contributed by atoms with Crippen molar-refractivity contribution in [2.45, 2.75) is 0 Å². The molecule has 0 amide bonds. The van der Waals surface area contributed by atoms with Gasteiger partial charge in [-0.05, 0) is 17.5 Å². The molecule has 0 spiro atoms. The van der Waals surface area contributed by atoms with Crippen LogP contribution in [0.2, 0.25) is 5.02 Å². The van der Waals surface area contributed by atoms with Crippen LogP contribution >= 0.6 is 11.6 Å². The first-order valence-corrected chi connectivity index (χ1v) is 9.73. The quantitative estimate of drug-likeness (QED) is 0.279. The molecule has 0 radical (unpaired) electrons. The Labute approximate surface area is 187 Å². The van der Waals surface area contributed by atoms with Gasteiger partial charge in [-0.3, -0.25) is 10.1 Å². The molecule has 0 unspecified atom stereocenters. The van der Waals surface area contributed by atoms with Crippen LogP contribution < -0.4 is 19.5 Å². The molecule has 9 nitrogen and oxygen atoms in total. The maximum Gasteiger partial charge on any atom is 0.373 e. The fraction of sp³-hybridized carbons (Fsp3) is 0.0909. The number of nitro groups is 1. The van der Waals surface area contributed by atoms with Gasteiger partial charge >= 0.3 is 11.6 Å². The number of nitrogens with one attached hydrogen (secondary N) is 1. The van der Waals surface area contributed by atoms with Gasteiger partial charge in [-0.2, -0.15) is 4.98 Å². The van der Waals surface area contributed by atoms with Gasteiger partial charge in [0.05, 0.1) is 29.9 Å². The van der Waals surface area contributed by atoms with Crippen LogP contribution in [-0.4, -0.2) is 29.1 Å². The van der Waals surface area contributed by atoms with Gasteiger partial charge in [-0.25, -0.2) is 4.98 Å². The van der Waals surface area contributed by atoms with Crippen molar-refractivity contribution in [2.75, 3.05) is 19.5 Å². The lowest BCUT2D eigenvalue weighted by molar-refractivity contribution is -0.385. The Morgan fingerprint density at radius 3 is 2.47 bits per heavy atom. The largest absolute Gasteiger partial charge is 0.495 e. The molecule has 0 aliphatic carbocycles. The summed E-state index contributed by atoms with van der Waals surface area (Å²) in [5, 5.41) is 16.8. The van der Waals surface area contributed by atoms with E-state index in [0.717, 1.165) is 10.8 Å². The monoisotopic (exact) mass is 452 g/mol. The van der Waals surface area contributed by atoms with Gasteiger partial charge in [-0.15, -0.1) is 0 Å². The Bertz CT molecular complexity index is 1310. The maximum atomic E-state index is 11.9. The van der Waals surface area contributed by atoms with Crippen molar-refractivity contribution in [3.05, 3.63) is 76.1 Å². The summed E-state index contributed by atoms with van der Waals surface area (Å²) in [7, 11) is 2.93. The summed E-state index contributed by atoms with van der Waals surface area (Å²) in [5.41, 5.74) is -0.0781. The average Bonchev–Trinajstić information content (AvgIpc) is 2.79. The van der Waals surface area contributed by atoms with Crippen molar-refractivity contribution in [1.82, 2.24) is 9.97 Å². The van der Waals surface area contributed by atoms with E-state index in [9.17, 15) is 10.1 Å². The highest BCUT2D eigenvalue weighted by molar-refractivity contribution is 6.32. The number of nitrogens with zero attached hydrogens (tertiary/aromatic N) is 3. The van der Waals surface area contributed by atoms with Crippen LogP contribution in [0.25, 0.3) is 10.8 Å². The van der Waals surface area contributed by atoms with Crippen LogP contribution in [0.4, 0.5) is 17.2 Å². The SMILES string of the molecule is COc1cc(OC)c(Nc2ncnc(Oc3cccc4ccccc34)c2[N+](=O)[O-])cc1Cl. The summed E-state index contributed by atoms with van der Waals surface area (Å²) in [6, 6.07) is 16.1. The lowest BCUT2D eigenvalue weighted by Gasteiger charge is -2.14. The Hall–Kier alpha value is -4.11. The Kier molecular flexibility index (Phi) is 5.91. The van der Waals surface area contributed by atoms with E-state index in [-0.39, 0.29) is 11.7 Å². The third-order valence-corrected chi connectivity index (χ3v) is 4.95. The lowest BCUT2D eigenvalue weighted by atomic mass is 10.1. The Morgan fingerprint density at radius 2 is 1.72 bits per heavy atom. The fourth-order valence-corrected chi connectivity index (χ4v) is 3.41. The molecule has 4 aromatic rings. The molecule has 4 rings (SSSR count). The van der Waals surface area contributed by atoms with Crippen LogP contribution in [0.3, 0.4) is 0 Å². The molecule has 3 aromatic carbocycles. The second kappa shape index (κ2) is 8.94. The predicted octanol–water partition coefficient (Wildman–Crippen LogP) is 5.74. The maximum absolute atomic E-state index is 11.9. The number of aromatic nitrogens is 2. The van der Waals surface area contributed by atoms with Gasteiger partial charge in [0, 0.05) is 11.5 Å². The molecule has 1 N–H and O–H groups in total. The van der Waals surface area contributed by atoms with Crippen LogP contribution in [0.1, 0.15) is 0 Å². The minimum atomic E-state index is -0.611. The summed E-state index contributed by atoms with van der Waals surface area (Å²) < 4.78 is 16.4. The minimum Gasteiger partial charge on any atom is -0.495 e. The number of fused-ring (bicyclic) bond motifs is 1. The number of anilines is 2. The smallest absolute Gasteiger partial charge is 0.373 e. The molecule has 0 aliphatic heterocycles. The predicted molar refractivity (Wildman–Crippen MR) is 121 cm³/mol. The highest BCUT2D eigenvalue weighted by Gasteiger charge is 2.26. The van der Waals surface area contributed by atoms with Crippen LogP contribution in [0.15, 0.2) is 60.9 Å². The van der Waals surface area contributed by atoms with E-state index in [1.807, 2.05) is 30.3 Å². The standard InChI is InChI=1S/C22H17ClN4O5/c1-30-18-11-19(31-2)16(10-15(18)23)26-21-20(27(28)29)22(25-12-24-21)32-17-9-5-7-13-6-3-4-8-14(13)17/h3-12H,1-2H3,(H,24,25,26). The molecule has 0 bridgehead atoms. The molecule has 0 saturated heterocycles. The fourth-order valence-electron chi connectivity index (χ4n) is 3.17. The van der Waals surface area contributed by atoms with E-state index in [2.05, 4.69) is 15.3 Å². The van der Waals surface area contributed by atoms with Gasteiger partial charge in [0.1, 0.15) is 23.6 Å². The van der Waals surface area contributed by atoms with Crippen molar-refractivity contribution in [3.63, 3.8) is 0 Å². The molecule has 162 valence electrons. The van der Waals surface area contributed by atoms with Crippen molar-refractivity contribution < 1.29 is 19.1 Å². The molecule has 0 saturated carbocycles. The van der Waals surface area contributed by atoms with E-state index < -0.39 is 10.6 Å². The summed E-state index contributed by atoms with van der Waals surface area (Å²) in [5.74, 6) is 0.894. The molecule has 10 heteroatoms. The van der Waals surface area contributed by atoms with E-state index in [4.69, 9.17) is 25.8 Å². The zero-order chi connectivity index (χ0) is 22.7. The van der Waals surface area contributed by atoms with Crippen LogP contribution in [-0.2, 0) is 0 Å². The molecular formula is C22H17ClN4O5. The van der Waals surface area contributed by atoms with Gasteiger partial charge in [0.25, 0.3) is 0 Å². The van der Waals surface area contributed by atoms with Crippen LogP contribution in [0, 0.1) is 10.1 Å². The highest BCUT2D eigenvalue weighted by atomic mass is 35.5. The van der Waals surface area contributed by atoms with E-state index in [1.165, 1.54) is 26.6 Å². The minimum absolute atomic E-state index is 0.0835. The molecule has 1 aromatic heterocycles. The van der Waals surface area contributed by atoms with E-state index >= 15 is 0 Å². The van der Waals surface area contributed by atoms with Gasteiger partial charge in [-0.1, -0.05) is 48.0 Å². The van der Waals surface area contributed by atoms with Crippen molar-refractivity contribution in [2.24, 2.45) is 0 Å². The summed E-state index contributed by atoms with van der Waals surface area (Å²) in [6.45, 7) is 0. The number of hydrogen-bond donors (Lipinski definition) is 1. The number of halogens is 1. The first-order chi connectivity index (χ1) is 15.5. The molecule has 1 heterocycles. The van der Waals surface area contributed by atoms with Gasteiger partial charge in [0.2, 0.25) is 5.82 Å². The van der Waals surface area contributed by atoms with E-state index in [0.29, 0.717) is 28.0 Å². The first-order valence-electron chi connectivity index (χ1n) is 9.35. The topological polar surface area (TPSA) is 109 Å². The van der Waals surface area contributed by atoms with Crippen molar-refractivity contribution in [3.8, 4) is 23.1 Å². The van der Waals surface area contributed by atoms with Gasteiger partial charge < -0.3 is 19.5 Å². The second-order valence-corrected chi connectivity index (χ2v) is 6.93. The van der Waals surface area contributed by atoms with Crippen molar-refractivity contribution in [1.29, 1.82) is 0 Å². The zero-order valence-electron chi connectivity index (χ0n) is 17.0. The Morgan fingerprint density at radius 1 is 0.969 bits per heavy atom. The van der Waals surface area contributed by atoms with Gasteiger partial charge in [0.15, 0.2) is 0 Å². The number of ether oxygens (including phenoxy) is 3. The molecule has 32 heavy (non-hydrogen) atoms. The first kappa shape index (κ1) is 21.1. The number of methoxy groups -OCH3 is 2. The normalized spacial score (nSPS) is 10.6. The number of rotatable bonds is 7. The van der Waals surface area contributed by atoms with Crippen LogP contribution in [0.5, 0.6) is 23.1 Å². The lowest BCUT2D eigenvalue weighted by Crippen LogP contribution is -2.04. The molecule has 0 atom stereocenters. The third kappa shape index (κ3) is 4.06. The van der Waals surface area contributed by atoms with E-state index in [1.54, 1.807) is 18.2 Å². The summed E-state index contributed by atoms with van der Waals surface area (Å²) >= 11 is 6.21. The molecular weight excluding hydrogens is 436 g/mol. The number of benzene rings is 3. The highest BCUT2D eigenvalue weighted by Crippen LogP contribution is 2.41. The Balaban J connectivity index is 1.77. The number of hydrogen-bond acceptors (Lipinski definition) is 8. The average molecular weight is 453 g/mol. The second-order valence-electron chi connectivity index (χ2n) is 6.52. The third-order valence-electron chi connectivity index (χ3n) is 4.65. The summed E-state index contributed by atoms with van der Waals surface area (Å²) in [4.78, 5) is 19.4. The molecule has 0 aliphatic rings. The zero-order valence-corrected chi connectivity index (χ0v) is 17.8. The molecule has 0 fully saturated rings.